The lowest BCUT2D eigenvalue weighted by Gasteiger charge is -2.08. The number of aromatic hydroxyl groups is 1. The lowest BCUT2D eigenvalue weighted by Crippen LogP contribution is -1.94. The summed E-state index contributed by atoms with van der Waals surface area (Å²) in [4.78, 5) is 0. The van der Waals surface area contributed by atoms with Gasteiger partial charge < -0.3 is 14.6 Å². The maximum atomic E-state index is 9.10. The quantitative estimate of drug-likeness (QED) is 0.747. The van der Waals surface area contributed by atoms with Crippen molar-refractivity contribution in [3.05, 3.63) is 18.2 Å². The molecule has 1 aromatic rings. The predicted molar refractivity (Wildman–Crippen MR) is 45.8 cm³/mol. The minimum absolute atomic E-state index is 0.176. The largest absolute Gasteiger partial charge is 0.508 e. The summed E-state index contributed by atoms with van der Waals surface area (Å²) in [5.74, 6) is 1.38. The molecule has 3 nitrogen and oxygen atoms in total. The van der Waals surface area contributed by atoms with Crippen LogP contribution in [-0.2, 0) is 0 Å². The van der Waals surface area contributed by atoms with Gasteiger partial charge in [0, 0.05) is 6.07 Å². The number of phenols is 1. The van der Waals surface area contributed by atoms with Gasteiger partial charge in [0.2, 0.25) is 0 Å². The number of hydrogen-bond acceptors (Lipinski definition) is 3. The molecule has 0 aromatic heterocycles. The van der Waals surface area contributed by atoms with Gasteiger partial charge in [0.1, 0.15) is 5.75 Å². The third-order valence-electron chi connectivity index (χ3n) is 1.45. The second-order valence-electron chi connectivity index (χ2n) is 2.27. The van der Waals surface area contributed by atoms with Crippen LogP contribution in [0.25, 0.3) is 0 Å². The van der Waals surface area contributed by atoms with E-state index in [1.54, 1.807) is 12.1 Å². The number of methoxy groups -OCH3 is 1. The molecule has 0 amide bonds. The van der Waals surface area contributed by atoms with Gasteiger partial charge in [0.25, 0.3) is 0 Å². The van der Waals surface area contributed by atoms with E-state index in [2.05, 4.69) is 0 Å². The highest BCUT2D eigenvalue weighted by Gasteiger charge is 2.03. The highest BCUT2D eigenvalue weighted by atomic mass is 16.5. The Hall–Kier alpha value is -1.38. The van der Waals surface area contributed by atoms with Crippen molar-refractivity contribution in [2.75, 3.05) is 13.7 Å². The Morgan fingerprint density at radius 2 is 2.08 bits per heavy atom. The number of ether oxygens (including phenoxy) is 2. The fourth-order valence-electron chi connectivity index (χ4n) is 0.931. The van der Waals surface area contributed by atoms with E-state index < -0.39 is 0 Å². The van der Waals surface area contributed by atoms with Crippen molar-refractivity contribution >= 4 is 0 Å². The standard InChI is InChI=1S/C9H12O3/c1-3-12-8-5-4-7(10)6-9(8)11-2/h4-6,10H,3H2,1-2H3. The molecule has 0 saturated heterocycles. The monoisotopic (exact) mass is 168 g/mol. The van der Waals surface area contributed by atoms with Crippen molar-refractivity contribution in [3.63, 3.8) is 0 Å². The van der Waals surface area contributed by atoms with E-state index in [-0.39, 0.29) is 5.75 Å². The van der Waals surface area contributed by atoms with Crippen LogP contribution in [0.1, 0.15) is 6.92 Å². The Bertz CT molecular complexity index is 258. The highest BCUT2D eigenvalue weighted by Crippen LogP contribution is 2.30. The van der Waals surface area contributed by atoms with Gasteiger partial charge in [-0.25, -0.2) is 0 Å². The predicted octanol–water partition coefficient (Wildman–Crippen LogP) is 1.80. The molecule has 0 atom stereocenters. The molecule has 0 spiro atoms. The molecule has 1 N–H and O–H groups in total. The van der Waals surface area contributed by atoms with Crippen molar-refractivity contribution in [1.82, 2.24) is 0 Å². The zero-order valence-electron chi connectivity index (χ0n) is 7.20. The summed E-state index contributed by atoms with van der Waals surface area (Å²) in [7, 11) is 1.54. The second-order valence-corrected chi connectivity index (χ2v) is 2.27. The van der Waals surface area contributed by atoms with E-state index in [0.717, 1.165) is 0 Å². The molecule has 66 valence electrons. The Kier molecular flexibility index (Phi) is 2.80. The van der Waals surface area contributed by atoms with Crippen LogP contribution < -0.4 is 9.47 Å². The molecule has 0 radical (unpaired) electrons. The van der Waals surface area contributed by atoms with Gasteiger partial charge in [-0.1, -0.05) is 0 Å². The van der Waals surface area contributed by atoms with Crippen molar-refractivity contribution in [2.45, 2.75) is 6.92 Å². The van der Waals surface area contributed by atoms with Crippen LogP contribution in [-0.4, -0.2) is 18.8 Å². The van der Waals surface area contributed by atoms with Gasteiger partial charge >= 0.3 is 0 Å². The van der Waals surface area contributed by atoms with Crippen LogP contribution in [0.4, 0.5) is 0 Å². The molecule has 3 heteroatoms. The molecule has 1 rings (SSSR count). The lowest BCUT2D eigenvalue weighted by molar-refractivity contribution is 0.309. The minimum Gasteiger partial charge on any atom is -0.508 e. The van der Waals surface area contributed by atoms with Crippen molar-refractivity contribution in [3.8, 4) is 17.2 Å². The SMILES string of the molecule is CCOc1ccc(O)cc1OC. The zero-order chi connectivity index (χ0) is 8.97. The summed E-state index contributed by atoms with van der Waals surface area (Å²) in [5.41, 5.74) is 0. The molecule has 0 unspecified atom stereocenters. The molecule has 0 aliphatic carbocycles. The number of benzene rings is 1. The lowest BCUT2D eigenvalue weighted by atomic mass is 10.3. The molecule has 0 bridgehead atoms. The fraction of sp³-hybridized carbons (Fsp3) is 0.333. The average molecular weight is 168 g/mol. The van der Waals surface area contributed by atoms with Crippen molar-refractivity contribution in [2.24, 2.45) is 0 Å². The van der Waals surface area contributed by atoms with Crippen LogP contribution in [0, 0.1) is 0 Å². The second kappa shape index (κ2) is 3.85. The third-order valence-corrected chi connectivity index (χ3v) is 1.45. The van der Waals surface area contributed by atoms with Gasteiger partial charge in [-0.15, -0.1) is 0 Å². The summed E-state index contributed by atoms with van der Waals surface area (Å²) >= 11 is 0. The molecule has 0 heterocycles. The molecule has 0 saturated carbocycles. The first-order valence-corrected chi connectivity index (χ1v) is 3.77. The van der Waals surface area contributed by atoms with E-state index in [1.807, 2.05) is 6.92 Å². The number of phenolic OH excluding ortho intramolecular Hbond substituents is 1. The highest BCUT2D eigenvalue weighted by molar-refractivity contribution is 5.44. The normalized spacial score (nSPS) is 9.50. The molecular weight excluding hydrogens is 156 g/mol. The Balaban J connectivity index is 2.94. The molecule has 0 aliphatic heterocycles. The smallest absolute Gasteiger partial charge is 0.164 e. The summed E-state index contributed by atoms with van der Waals surface area (Å²) in [5, 5.41) is 9.10. The van der Waals surface area contributed by atoms with Crippen LogP contribution in [0.15, 0.2) is 18.2 Å². The molecule has 12 heavy (non-hydrogen) atoms. The van der Waals surface area contributed by atoms with Gasteiger partial charge in [-0.05, 0) is 19.1 Å². The first-order valence-electron chi connectivity index (χ1n) is 3.77. The summed E-state index contributed by atoms with van der Waals surface area (Å²) in [6.45, 7) is 2.48. The van der Waals surface area contributed by atoms with Gasteiger partial charge in [0.05, 0.1) is 13.7 Å². The molecule has 0 fully saturated rings. The Morgan fingerprint density at radius 1 is 1.33 bits per heavy atom. The fourth-order valence-corrected chi connectivity index (χ4v) is 0.931. The summed E-state index contributed by atoms with van der Waals surface area (Å²) < 4.78 is 10.2. The topological polar surface area (TPSA) is 38.7 Å². The first-order chi connectivity index (χ1) is 5.77. The average Bonchev–Trinajstić information content (AvgIpc) is 2.08. The van der Waals surface area contributed by atoms with Crippen molar-refractivity contribution < 1.29 is 14.6 Å². The summed E-state index contributed by atoms with van der Waals surface area (Å²) in [6.07, 6.45) is 0. The van der Waals surface area contributed by atoms with Crippen LogP contribution >= 0.6 is 0 Å². The van der Waals surface area contributed by atoms with Crippen LogP contribution in [0.3, 0.4) is 0 Å². The van der Waals surface area contributed by atoms with Crippen LogP contribution in [0.5, 0.6) is 17.2 Å². The van der Waals surface area contributed by atoms with E-state index in [1.165, 1.54) is 13.2 Å². The van der Waals surface area contributed by atoms with Gasteiger partial charge in [-0.3, -0.25) is 0 Å². The van der Waals surface area contributed by atoms with Gasteiger partial charge in [-0.2, -0.15) is 0 Å². The number of hydrogen-bond donors (Lipinski definition) is 1. The maximum Gasteiger partial charge on any atom is 0.164 e. The molecule has 0 aliphatic rings. The maximum absolute atomic E-state index is 9.10. The number of rotatable bonds is 3. The van der Waals surface area contributed by atoms with Crippen LogP contribution in [0.2, 0.25) is 0 Å². The van der Waals surface area contributed by atoms with E-state index >= 15 is 0 Å². The van der Waals surface area contributed by atoms with Crippen molar-refractivity contribution in [1.29, 1.82) is 0 Å². The molecule has 1 aromatic carbocycles. The van der Waals surface area contributed by atoms with E-state index in [9.17, 15) is 0 Å². The Morgan fingerprint density at radius 3 is 2.67 bits per heavy atom. The van der Waals surface area contributed by atoms with E-state index in [4.69, 9.17) is 14.6 Å². The van der Waals surface area contributed by atoms with Gasteiger partial charge in [0.15, 0.2) is 11.5 Å². The zero-order valence-corrected chi connectivity index (χ0v) is 7.20. The first kappa shape index (κ1) is 8.71. The van der Waals surface area contributed by atoms with E-state index in [0.29, 0.717) is 18.1 Å². The third kappa shape index (κ3) is 1.81. The molecular formula is C9H12O3. The minimum atomic E-state index is 0.176. The Labute approximate surface area is 71.5 Å². The summed E-state index contributed by atoms with van der Waals surface area (Å²) in [6, 6.07) is 4.76.